The zero-order chi connectivity index (χ0) is 22.3. The van der Waals surface area contributed by atoms with Gasteiger partial charge in [0, 0.05) is 61.8 Å². The first-order chi connectivity index (χ1) is 15.4. The van der Waals surface area contributed by atoms with Crippen molar-refractivity contribution in [1.82, 2.24) is 19.7 Å². The predicted octanol–water partition coefficient (Wildman–Crippen LogP) is 2.29. The molecule has 0 spiro atoms. The number of carbonyl (C=O) groups is 1. The number of piperazine rings is 1. The molecule has 4 heterocycles. The lowest BCUT2D eigenvalue weighted by molar-refractivity contribution is -0.104. The van der Waals surface area contributed by atoms with Crippen LogP contribution >= 0.6 is 0 Å². The van der Waals surface area contributed by atoms with E-state index in [0.717, 1.165) is 47.6 Å². The number of hydrogen-bond acceptors (Lipinski definition) is 7. The number of anilines is 1. The third kappa shape index (κ3) is 3.71. The average molecular weight is 435 g/mol. The third-order valence-corrected chi connectivity index (χ3v) is 6.28. The lowest BCUT2D eigenvalue weighted by Gasteiger charge is -2.37. The number of allylic oxidation sites excluding steroid dienone is 1. The Balaban J connectivity index is 1.30. The summed E-state index contributed by atoms with van der Waals surface area (Å²) in [7, 11) is 0. The largest absolute Gasteiger partial charge is 0.441 e. The van der Waals surface area contributed by atoms with Crippen LogP contribution in [0.1, 0.15) is 30.7 Å². The summed E-state index contributed by atoms with van der Waals surface area (Å²) in [5, 5.41) is 13.8. The van der Waals surface area contributed by atoms with Crippen molar-refractivity contribution >= 4 is 23.4 Å². The molecular weight excluding hydrogens is 408 g/mol. The number of hydrogen-bond donors (Lipinski definition) is 0. The summed E-state index contributed by atoms with van der Waals surface area (Å²) in [6.07, 6.45) is 8.15. The minimum absolute atomic E-state index is 0.101. The molecule has 32 heavy (non-hydrogen) atoms. The number of aromatic nitrogens is 3. The van der Waals surface area contributed by atoms with Gasteiger partial charge in [-0.1, -0.05) is 0 Å². The molecule has 1 amide bonds. The van der Waals surface area contributed by atoms with Gasteiger partial charge in [0.05, 0.1) is 31.2 Å². The maximum atomic E-state index is 12.3. The molecule has 0 atom stereocenters. The van der Waals surface area contributed by atoms with E-state index in [1.54, 1.807) is 9.58 Å². The van der Waals surface area contributed by atoms with Gasteiger partial charge in [-0.05, 0) is 31.6 Å². The fourth-order valence-electron chi connectivity index (χ4n) is 4.14. The smallest absolute Gasteiger partial charge is 0.410 e. The quantitative estimate of drug-likeness (QED) is 0.728. The summed E-state index contributed by atoms with van der Waals surface area (Å²) in [4.78, 5) is 21.0. The van der Waals surface area contributed by atoms with Crippen molar-refractivity contribution in [3.63, 3.8) is 0 Å². The Morgan fingerprint density at radius 2 is 2.06 bits per heavy atom. The molecule has 0 saturated carbocycles. The summed E-state index contributed by atoms with van der Waals surface area (Å²) in [5.74, 6) is 0. The SMILES string of the molecule is CC(C)(C#N)n1cc(C2=Cc3c(N4CCN(C(=O)OC5COC5)CC4)ccnc3C2)cn1. The van der Waals surface area contributed by atoms with Gasteiger partial charge in [-0.25, -0.2) is 4.79 Å². The van der Waals surface area contributed by atoms with Gasteiger partial charge in [0.25, 0.3) is 0 Å². The molecule has 2 saturated heterocycles. The van der Waals surface area contributed by atoms with E-state index in [2.05, 4.69) is 27.1 Å². The predicted molar refractivity (Wildman–Crippen MR) is 118 cm³/mol. The molecule has 2 aromatic heterocycles. The summed E-state index contributed by atoms with van der Waals surface area (Å²) in [6.45, 7) is 7.40. The minimum atomic E-state index is -0.694. The van der Waals surface area contributed by atoms with Crippen molar-refractivity contribution < 1.29 is 14.3 Å². The van der Waals surface area contributed by atoms with E-state index in [1.165, 1.54) is 0 Å². The fourth-order valence-corrected chi connectivity index (χ4v) is 4.14. The molecule has 9 nitrogen and oxygen atoms in total. The fraction of sp³-hybridized carbons (Fsp3) is 0.478. The lowest BCUT2D eigenvalue weighted by atomic mass is 10.1. The van der Waals surface area contributed by atoms with Crippen LogP contribution in [0.5, 0.6) is 0 Å². The number of nitriles is 1. The van der Waals surface area contributed by atoms with Crippen molar-refractivity contribution in [1.29, 1.82) is 5.26 Å². The van der Waals surface area contributed by atoms with Gasteiger partial charge in [0.1, 0.15) is 5.54 Å². The van der Waals surface area contributed by atoms with E-state index in [9.17, 15) is 10.1 Å². The maximum absolute atomic E-state index is 12.3. The molecule has 0 unspecified atom stereocenters. The van der Waals surface area contributed by atoms with Crippen molar-refractivity contribution in [2.75, 3.05) is 44.3 Å². The number of ether oxygens (including phenoxy) is 2. The van der Waals surface area contributed by atoms with Crippen LogP contribution in [0, 0.1) is 11.3 Å². The number of rotatable bonds is 4. The van der Waals surface area contributed by atoms with Gasteiger partial charge < -0.3 is 19.3 Å². The first-order valence-electron chi connectivity index (χ1n) is 10.9. The highest BCUT2D eigenvalue weighted by atomic mass is 16.6. The number of fused-ring (bicyclic) bond motifs is 1. The Bertz CT molecular complexity index is 1100. The van der Waals surface area contributed by atoms with Gasteiger partial charge >= 0.3 is 6.09 Å². The van der Waals surface area contributed by atoms with Gasteiger partial charge in [-0.2, -0.15) is 10.4 Å². The highest BCUT2D eigenvalue weighted by molar-refractivity contribution is 5.91. The molecule has 0 bridgehead atoms. The van der Waals surface area contributed by atoms with Crippen LogP contribution < -0.4 is 4.90 Å². The molecule has 3 aliphatic rings. The zero-order valence-corrected chi connectivity index (χ0v) is 18.3. The molecule has 2 fully saturated rings. The van der Waals surface area contributed by atoms with E-state index in [-0.39, 0.29) is 12.2 Å². The van der Waals surface area contributed by atoms with Gasteiger partial charge in [-0.3, -0.25) is 9.67 Å². The van der Waals surface area contributed by atoms with Crippen molar-refractivity contribution in [3.8, 4) is 6.07 Å². The van der Waals surface area contributed by atoms with Gasteiger partial charge in [0.2, 0.25) is 0 Å². The Labute approximate surface area is 186 Å². The Morgan fingerprint density at radius 1 is 1.28 bits per heavy atom. The van der Waals surface area contributed by atoms with Crippen molar-refractivity contribution in [3.05, 3.63) is 41.5 Å². The molecule has 1 aliphatic carbocycles. The van der Waals surface area contributed by atoms with Crippen LogP contribution in [0.2, 0.25) is 0 Å². The average Bonchev–Trinajstić information content (AvgIpc) is 3.43. The van der Waals surface area contributed by atoms with E-state index >= 15 is 0 Å². The van der Waals surface area contributed by atoms with Crippen LogP contribution in [-0.2, 0) is 21.4 Å². The minimum Gasteiger partial charge on any atom is -0.441 e. The second-order valence-electron chi connectivity index (χ2n) is 8.90. The topological polar surface area (TPSA) is 96.5 Å². The van der Waals surface area contributed by atoms with Crippen molar-refractivity contribution in [2.45, 2.75) is 31.9 Å². The standard InChI is InChI=1S/C23H26N6O3/c1-23(2,15-24)29-12-17(11-26-29)16-9-19-20(10-16)25-4-3-21(19)27-5-7-28(8-6-27)22(30)32-18-13-31-14-18/h3-4,9,11-12,18H,5-8,10,13-14H2,1-2H3. The lowest BCUT2D eigenvalue weighted by Crippen LogP contribution is -2.51. The van der Waals surface area contributed by atoms with Gasteiger partial charge in [0.15, 0.2) is 6.10 Å². The molecule has 0 radical (unpaired) electrons. The van der Waals surface area contributed by atoms with E-state index in [0.29, 0.717) is 26.3 Å². The van der Waals surface area contributed by atoms with Crippen LogP contribution in [0.4, 0.5) is 10.5 Å². The highest BCUT2D eigenvalue weighted by Crippen LogP contribution is 2.36. The Morgan fingerprint density at radius 3 is 2.75 bits per heavy atom. The second-order valence-corrected chi connectivity index (χ2v) is 8.90. The van der Waals surface area contributed by atoms with Gasteiger partial charge in [-0.15, -0.1) is 0 Å². The normalized spacial score (nSPS) is 18.6. The molecule has 9 heteroatoms. The summed E-state index contributed by atoms with van der Waals surface area (Å²) >= 11 is 0. The Kier molecular flexibility index (Phi) is 5.10. The van der Waals surface area contributed by atoms with E-state index in [4.69, 9.17) is 9.47 Å². The summed E-state index contributed by atoms with van der Waals surface area (Å²) in [5.41, 5.74) is 4.75. The molecular formula is C23H26N6O3. The summed E-state index contributed by atoms with van der Waals surface area (Å²) in [6, 6.07) is 4.32. The van der Waals surface area contributed by atoms with Crippen LogP contribution in [-0.4, -0.2) is 71.3 Å². The first kappa shape index (κ1) is 20.5. The second kappa shape index (κ2) is 7.95. The zero-order valence-electron chi connectivity index (χ0n) is 18.3. The monoisotopic (exact) mass is 434 g/mol. The van der Waals surface area contributed by atoms with Crippen LogP contribution in [0.3, 0.4) is 0 Å². The number of carbonyl (C=O) groups excluding carboxylic acids is 1. The van der Waals surface area contributed by atoms with Crippen molar-refractivity contribution in [2.24, 2.45) is 0 Å². The summed E-state index contributed by atoms with van der Waals surface area (Å²) < 4.78 is 12.2. The van der Waals surface area contributed by atoms with E-state index < -0.39 is 5.54 Å². The molecule has 2 aromatic rings. The molecule has 2 aliphatic heterocycles. The first-order valence-corrected chi connectivity index (χ1v) is 10.9. The number of nitrogens with zero attached hydrogens (tertiary/aromatic N) is 6. The molecule has 0 aromatic carbocycles. The Hall–Kier alpha value is -3.38. The number of amides is 1. The van der Waals surface area contributed by atoms with Crippen LogP contribution in [0.25, 0.3) is 11.6 Å². The molecule has 166 valence electrons. The highest BCUT2D eigenvalue weighted by Gasteiger charge is 2.30. The maximum Gasteiger partial charge on any atom is 0.410 e. The van der Waals surface area contributed by atoms with E-state index in [1.807, 2.05) is 38.5 Å². The number of pyridine rings is 1. The third-order valence-electron chi connectivity index (χ3n) is 6.28. The molecule has 0 N–H and O–H groups in total. The molecule has 5 rings (SSSR count). The van der Waals surface area contributed by atoms with Crippen LogP contribution in [0.15, 0.2) is 24.7 Å².